The highest BCUT2D eigenvalue weighted by Gasteiger charge is 2.34. The summed E-state index contributed by atoms with van der Waals surface area (Å²) >= 11 is 0. The van der Waals surface area contributed by atoms with E-state index in [1.54, 1.807) is 19.1 Å². The fourth-order valence-corrected chi connectivity index (χ4v) is 7.18. The summed E-state index contributed by atoms with van der Waals surface area (Å²) in [5, 5.41) is 41.5. The Morgan fingerprint density at radius 3 is 2.19 bits per heavy atom. The van der Waals surface area contributed by atoms with Gasteiger partial charge in [0, 0.05) is 51.6 Å². The average molecular weight is 712 g/mol. The van der Waals surface area contributed by atoms with E-state index in [4.69, 9.17) is 15.1 Å². The Balaban J connectivity index is 1.85. The number of aromatic amines is 2. The Bertz CT molecular complexity index is 2240. The maximum atomic E-state index is 13.0. The van der Waals surface area contributed by atoms with E-state index in [0.717, 1.165) is 33.3 Å². The zero-order valence-electron chi connectivity index (χ0n) is 29.5. The maximum absolute atomic E-state index is 13.0. The van der Waals surface area contributed by atoms with Crippen molar-refractivity contribution in [3.8, 4) is 0 Å². The minimum atomic E-state index is -1.65. The largest absolute Gasteiger partial charge is 0.481 e. The van der Waals surface area contributed by atoms with Crippen LogP contribution in [0.5, 0.6) is 0 Å². The van der Waals surface area contributed by atoms with Gasteiger partial charge in [-0.1, -0.05) is 26.5 Å². The van der Waals surface area contributed by atoms with Gasteiger partial charge in [0.05, 0.1) is 41.0 Å². The molecule has 1 unspecified atom stereocenters. The number of carboxylic acids is 4. The molecule has 14 heteroatoms. The van der Waals surface area contributed by atoms with Crippen molar-refractivity contribution < 1.29 is 44.4 Å². The third-order valence-electron chi connectivity index (χ3n) is 9.98. The van der Waals surface area contributed by atoms with Crippen molar-refractivity contribution >= 4 is 63.0 Å². The van der Waals surface area contributed by atoms with E-state index in [1.165, 1.54) is 0 Å². The second-order valence-electron chi connectivity index (χ2n) is 13.1. The molecular formula is C38H41N5O9. The number of fused-ring (bicyclic) bond motifs is 8. The van der Waals surface area contributed by atoms with Crippen molar-refractivity contribution in [2.75, 3.05) is 0 Å². The molecule has 52 heavy (non-hydrogen) atoms. The maximum Gasteiger partial charge on any atom is 0.338 e. The van der Waals surface area contributed by atoms with Crippen LogP contribution in [-0.4, -0.2) is 76.2 Å². The van der Waals surface area contributed by atoms with Gasteiger partial charge in [0.1, 0.15) is 6.04 Å². The van der Waals surface area contributed by atoms with Gasteiger partial charge in [0.2, 0.25) is 5.91 Å². The Morgan fingerprint density at radius 1 is 0.904 bits per heavy atom. The molecule has 14 nitrogen and oxygen atoms in total. The number of carbonyl (C=O) groups excluding carboxylic acids is 1. The molecule has 7 N–H and O–H groups in total. The van der Waals surface area contributed by atoms with Crippen LogP contribution >= 0.6 is 0 Å². The molecule has 2 aliphatic heterocycles. The molecular weight excluding hydrogens is 670 g/mol. The number of hydrogen-bond acceptors (Lipinski definition) is 7. The molecule has 8 bridgehead atoms. The molecule has 0 spiro atoms. The molecule has 0 saturated carbocycles. The standard InChI is InChI=1S/C38H41N5O9/c1-7-20-16(3)24-12-26-18(5)22(9-10-31(44)41-30(37(49)50)15-33(47)48)35(42-26)23(11-32(45)46)36-34(38(51)52)19(6)27(43-36)14-29-21(8-2)17(4)25(40-29)13-28(20)39-24/h7,12-14,18,22,30,40,43H,1,8-11,15H2,2-6H3,(H,41,44)(H,45,46)(H,47,48)(H,49,50)(H,51,52)/t18-,22-,30?/m0/s1. The predicted molar refractivity (Wildman–Crippen MR) is 193 cm³/mol. The van der Waals surface area contributed by atoms with Crippen LogP contribution in [0.15, 0.2) is 30.9 Å². The van der Waals surface area contributed by atoms with Crippen LogP contribution in [0.1, 0.15) is 107 Å². The van der Waals surface area contributed by atoms with Gasteiger partial charge in [-0.15, -0.1) is 0 Å². The molecule has 3 atom stereocenters. The van der Waals surface area contributed by atoms with Gasteiger partial charge in [-0.25, -0.2) is 14.6 Å². The van der Waals surface area contributed by atoms with Crippen molar-refractivity contribution in [1.82, 2.24) is 25.3 Å². The van der Waals surface area contributed by atoms with Crippen LogP contribution < -0.4 is 5.32 Å². The van der Waals surface area contributed by atoms with Crippen molar-refractivity contribution in [2.24, 2.45) is 0 Å². The molecule has 0 aromatic carbocycles. The van der Waals surface area contributed by atoms with Crippen LogP contribution in [0, 0.1) is 13.8 Å². The summed E-state index contributed by atoms with van der Waals surface area (Å²) < 4.78 is 0. The second kappa shape index (κ2) is 14.7. The first-order chi connectivity index (χ1) is 24.6. The van der Waals surface area contributed by atoms with Crippen LogP contribution in [0.3, 0.4) is 0 Å². The number of carbonyl (C=O) groups is 5. The number of aryl methyl sites for hydroxylation is 3. The topological polar surface area (TPSA) is 236 Å². The number of nitrogens with one attached hydrogen (secondary N) is 3. The van der Waals surface area contributed by atoms with Crippen molar-refractivity contribution in [1.29, 1.82) is 0 Å². The van der Waals surface area contributed by atoms with E-state index in [-0.39, 0.29) is 35.2 Å². The number of allylic oxidation sites excluding steroid dienone is 3. The summed E-state index contributed by atoms with van der Waals surface area (Å²) in [6.07, 6.45) is 0.794. The molecule has 3 aromatic rings. The Morgan fingerprint density at radius 2 is 1.60 bits per heavy atom. The molecule has 0 fully saturated rings. The van der Waals surface area contributed by atoms with Gasteiger partial charge in [-0.3, -0.25) is 19.4 Å². The van der Waals surface area contributed by atoms with E-state index in [0.29, 0.717) is 34.6 Å². The first-order valence-electron chi connectivity index (χ1n) is 16.8. The van der Waals surface area contributed by atoms with E-state index in [2.05, 4.69) is 21.9 Å². The minimum Gasteiger partial charge on any atom is -0.481 e. The lowest BCUT2D eigenvalue weighted by Crippen LogP contribution is -2.42. The third kappa shape index (κ3) is 7.09. The molecule has 0 aliphatic carbocycles. The number of rotatable bonds is 12. The minimum absolute atomic E-state index is 0.0568. The first-order valence-corrected chi connectivity index (χ1v) is 16.8. The van der Waals surface area contributed by atoms with Gasteiger partial charge < -0.3 is 35.7 Å². The van der Waals surface area contributed by atoms with Crippen molar-refractivity contribution in [3.05, 3.63) is 81.4 Å². The second-order valence-corrected chi connectivity index (χ2v) is 13.1. The average Bonchev–Trinajstić information content (AvgIpc) is 3.74. The zero-order chi connectivity index (χ0) is 38.2. The molecule has 272 valence electrons. The van der Waals surface area contributed by atoms with Crippen LogP contribution in [-0.2, 0) is 32.0 Å². The number of aliphatic carboxylic acids is 3. The molecule has 0 radical (unpaired) electrons. The molecule has 2 aliphatic rings. The summed E-state index contributed by atoms with van der Waals surface area (Å²) in [7, 11) is 0. The summed E-state index contributed by atoms with van der Waals surface area (Å²) in [5.74, 6) is -7.17. The lowest BCUT2D eigenvalue weighted by molar-refractivity contribution is -0.147. The Kier molecular flexibility index (Phi) is 10.5. The monoisotopic (exact) mass is 711 g/mol. The lowest BCUT2D eigenvalue weighted by atomic mass is 9.84. The molecule has 5 heterocycles. The number of aromatic nitrogens is 4. The summed E-state index contributed by atoms with van der Waals surface area (Å²) in [6.45, 7) is 13.4. The third-order valence-corrected chi connectivity index (χ3v) is 9.98. The highest BCUT2D eigenvalue weighted by atomic mass is 16.4. The number of amides is 1. The Labute approximate surface area is 298 Å². The fourth-order valence-electron chi connectivity index (χ4n) is 7.18. The molecule has 3 aromatic heterocycles. The number of carboxylic acid groups (broad SMARTS) is 4. The van der Waals surface area contributed by atoms with Gasteiger partial charge in [-0.2, -0.15) is 0 Å². The first kappa shape index (κ1) is 37.2. The van der Waals surface area contributed by atoms with Gasteiger partial charge >= 0.3 is 23.9 Å². The lowest BCUT2D eigenvalue weighted by Gasteiger charge is -2.19. The van der Waals surface area contributed by atoms with Crippen LogP contribution in [0.25, 0.3) is 33.2 Å². The number of aromatic carboxylic acids is 1. The van der Waals surface area contributed by atoms with E-state index >= 15 is 0 Å². The Hall–Kier alpha value is -6.05. The molecule has 5 rings (SSSR count). The van der Waals surface area contributed by atoms with E-state index < -0.39 is 60.5 Å². The predicted octanol–water partition coefficient (Wildman–Crippen LogP) is 5.65. The highest BCUT2D eigenvalue weighted by Crippen LogP contribution is 2.43. The summed E-state index contributed by atoms with van der Waals surface area (Å²) in [4.78, 5) is 77.7. The quantitative estimate of drug-likeness (QED) is 0.121. The highest BCUT2D eigenvalue weighted by molar-refractivity contribution is 6.02. The van der Waals surface area contributed by atoms with Crippen molar-refractivity contribution in [3.63, 3.8) is 0 Å². The smallest absolute Gasteiger partial charge is 0.338 e. The number of hydrogen-bond donors (Lipinski definition) is 7. The zero-order valence-corrected chi connectivity index (χ0v) is 29.5. The van der Waals surface area contributed by atoms with Gasteiger partial charge in [-0.05, 0) is 74.1 Å². The SMILES string of the molecule is C=CC1=C(C)c2cc3nc(c(CC(=O)O)c4[nH]c(cc5[nH]c(cc1n2)c(C)c5CC)c(C)c4C(=O)O)[C@@H](CCC(=O)NC(CC(=O)O)C(=O)O)[C@@H]3C. The van der Waals surface area contributed by atoms with E-state index in [9.17, 15) is 39.3 Å². The van der Waals surface area contributed by atoms with Gasteiger partial charge in [0.15, 0.2) is 0 Å². The van der Waals surface area contributed by atoms with Crippen LogP contribution in [0.4, 0.5) is 0 Å². The van der Waals surface area contributed by atoms with Gasteiger partial charge in [0.25, 0.3) is 0 Å². The summed E-state index contributed by atoms with van der Waals surface area (Å²) in [5.41, 5.74) is 8.21. The normalized spacial score (nSPS) is 16.0. The molecule has 1 amide bonds. The number of nitrogens with zero attached hydrogens (tertiary/aromatic N) is 2. The molecule has 0 saturated heterocycles. The number of H-pyrrole nitrogens is 2. The summed E-state index contributed by atoms with van der Waals surface area (Å²) in [6, 6.07) is 3.90. The van der Waals surface area contributed by atoms with Crippen LogP contribution in [0.2, 0.25) is 0 Å². The van der Waals surface area contributed by atoms with Crippen molar-refractivity contribution in [2.45, 2.75) is 84.6 Å². The fraction of sp³-hybridized carbons (Fsp3) is 0.342. The van der Waals surface area contributed by atoms with E-state index in [1.807, 2.05) is 39.8 Å².